The second-order valence-corrected chi connectivity index (χ2v) is 3.74. The van der Waals surface area contributed by atoms with Gasteiger partial charge in [-0.15, -0.1) is 0 Å². The Labute approximate surface area is 84.0 Å². The van der Waals surface area contributed by atoms with Crippen LogP contribution in [0.5, 0.6) is 0 Å². The highest BCUT2D eigenvalue weighted by Gasteiger charge is 2.10. The van der Waals surface area contributed by atoms with E-state index in [4.69, 9.17) is 10.3 Å². The molecule has 3 nitrogen and oxygen atoms in total. The van der Waals surface area contributed by atoms with Crippen LogP contribution in [0.3, 0.4) is 0 Å². The first-order valence-corrected chi connectivity index (χ1v) is 4.76. The van der Waals surface area contributed by atoms with E-state index in [9.17, 15) is 0 Å². The molecule has 0 spiro atoms. The Morgan fingerprint density at radius 1 is 1.54 bits per heavy atom. The molecule has 13 heavy (non-hydrogen) atoms. The molecule has 0 unspecified atom stereocenters. The molecule has 0 aliphatic rings. The van der Waals surface area contributed by atoms with Gasteiger partial charge in [0.05, 0.1) is 11.1 Å². The van der Waals surface area contributed by atoms with Gasteiger partial charge in [0.1, 0.15) is 0 Å². The van der Waals surface area contributed by atoms with Crippen LogP contribution in [-0.4, -0.2) is 5.16 Å². The van der Waals surface area contributed by atoms with Crippen molar-refractivity contribution in [1.82, 2.24) is 5.16 Å². The third-order valence-electron chi connectivity index (χ3n) is 2.04. The van der Waals surface area contributed by atoms with Crippen LogP contribution < -0.4 is 5.73 Å². The summed E-state index contributed by atoms with van der Waals surface area (Å²) in [5.74, 6) is 0. The molecular formula is C9H9BrN2O. The Bertz CT molecular complexity index is 450. The molecule has 0 atom stereocenters. The number of halogens is 1. The first-order valence-electron chi connectivity index (χ1n) is 3.97. The standard InChI is InChI=1S/C9H9BrN2O/c1-5-8-7(10)3-2-6(4-11)9(8)13-12-5/h2-3H,4,11H2,1H3. The van der Waals surface area contributed by atoms with Gasteiger partial charge < -0.3 is 10.3 Å². The van der Waals surface area contributed by atoms with Crippen molar-refractivity contribution in [2.24, 2.45) is 5.73 Å². The number of benzene rings is 1. The van der Waals surface area contributed by atoms with Crippen molar-refractivity contribution in [3.8, 4) is 0 Å². The van der Waals surface area contributed by atoms with Crippen LogP contribution >= 0.6 is 15.9 Å². The lowest BCUT2D eigenvalue weighted by Crippen LogP contribution is -1.96. The van der Waals surface area contributed by atoms with Gasteiger partial charge in [0, 0.05) is 16.6 Å². The van der Waals surface area contributed by atoms with E-state index >= 15 is 0 Å². The summed E-state index contributed by atoms with van der Waals surface area (Å²) >= 11 is 3.45. The van der Waals surface area contributed by atoms with Gasteiger partial charge in [-0.2, -0.15) is 0 Å². The van der Waals surface area contributed by atoms with Crippen molar-refractivity contribution >= 4 is 26.9 Å². The summed E-state index contributed by atoms with van der Waals surface area (Å²) in [5, 5.41) is 4.92. The smallest absolute Gasteiger partial charge is 0.172 e. The molecule has 0 saturated carbocycles. The average molecular weight is 241 g/mol. The van der Waals surface area contributed by atoms with Gasteiger partial charge in [0.15, 0.2) is 5.58 Å². The monoisotopic (exact) mass is 240 g/mol. The second kappa shape index (κ2) is 3.12. The van der Waals surface area contributed by atoms with E-state index in [-0.39, 0.29) is 0 Å². The molecule has 0 aliphatic carbocycles. The van der Waals surface area contributed by atoms with E-state index in [1.165, 1.54) is 0 Å². The summed E-state index contributed by atoms with van der Waals surface area (Å²) in [5.41, 5.74) is 8.23. The number of hydrogen-bond acceptors (Lipinski definition) is 3. The first-order chi connectivity index (χ1) is 6.24. The topological polar surface area (TPSA) is 52.0 Å². The molecule has 0 bridgehead atoms. The molecule has 2 aromatic rings. The van der Waals surface area contributed by atoms with E-state index in [0.717, 1.165) is 26.7 Å². The van der Waals surface area contributed by atoms with Crippen LogP contribution in [-0.2, 0) is 6.54 Å². The summed E-state index contributed by atoms with van der Waals surface area (Å²) in [6, 6.07) is 3.91. The molecule has 2 rings (SSSR count). The van der Waals surface area contributed by atoms with E-state index in [1.54, 1.807) is 0 Å². The largest absolute Gasteiger partial charge is 0.356 e. The van der Waals surface area contributed by atoms with Gasteiger partial charge >= 0.3 is 0 Å². The minimum atomic E-state index is 0.471. The third-order valence-corrected chi connectivity index (χ3v) is 2.70. The molecule has 0 amide bonds. The average Bonchev–Trinajstić information content (AvgIpc) is 2.50. The summed E-state index contributed by atoms with van der Waals surface area (Å²) in [6.45, 7) is 2.38. The van der Waals surface area contributed by atoms with Crippen molar-refractivity contribution in [3.05, 3.63) is 27.9 Å². The minimum absolute atomic E-state index is 0.471. The Morgan fingerprint density at radius 2 is 2.31 bits per heavy atom. The van der Waals surface area contributed by atoms with Crippen molar-refractivity contribution in [2.45, 2.75) is 13.5 Å². The zero-order chi connectivity index (χ0) is 9.42. The molecule has 1 aromatic carbocycles. The van der Waals surface area contributed by atoms with Crippen molar-refractivity contribution in [2.75, 3.05) is 0 Å². The lowest BCUT2D eigenvalue weighted by molar-refractivity contribution is 0.448. The molecule has 0 radical (unpaired) electrons. The number of nitrogens with two attached hydrogens (primary N) is 1. The molecule has 0 fully saturated rings. The van der Waals surface area contributed by atoms with Crippen molar-refractivity contribution in [3.63, 3.8) is 0 Å². The number of nitrogens with zero attached hydrogens (tertiary/aromatic N) is 1. The number of aromatic nitrogens is 1. The molecule has 2 N–H and O–H groups in total. The molecule has 1 aromatic heterocycles. The SMILES string of the molecule is Cc1noc2c(CN)ccc(Br)c12. The lowest BCUT2D eigenvalue weighted by Gasteiger charge is -1.98. The highest BCUT2D eigenvalue weighted by Crippen LogP contribution is 2.29. The van der Waals surface area contributed by atoms with Gasteiger partial charge in [-0.3, -0.25) is 0 Å². The van der Waals surface area contributed by atoms with Crippen LogP contribution in [0.2, 0.25) is 0 Å². The van der Waals surface area contributed by atoms with Crippen LogP contribution in [0.1, 0.15) is 11.3 Å². The summed E-state index contributed by atoms with van der Waals surface area (Å²) in [6.07, 6.45) is 0. The maximum atomic E-state index is 5.57. The molecular weight excluding hydrogens is 232 g/mol. The van der Waals surface area contributed by atoms with Gasteiger partial charge in [0.25, 0.3) is 0 Å². The molecule has 0 saturated heterocycles. The number of hydrogen-bond donors (Lipinski definition) is 1. The van der Waals surface area contributed by atoms with E-state index < -0.39 is 0 Å². The molecule has 68 valence electrons. The van der Waals surface area contributed by atoms with Crippen LogP contribution in [0.25, 0.3) is 11.0 Å². The van der Waals surface area contributed by atoms with Crippen LogP contribution in [0.4, 0.5) is 0 Å². The van der Waals surface area contributed by atoms with Gasteiger partial charge in [-0.05, 0) is 28.9 Å². The number of fused-ring (bicyclic) bond motifs is 1. The Balaban J connectivity index is 2.87. The van der Waals surface area contributed by atoms with E-state index in [2.05, 4.69) is 21.1 Å². The number of aryl methyl sites for hydroxylation is 1. The van der Waals surface area contributed by atoms with Crippen molar-refractivity contribution in [1.29, 1.82) is 0 Å². The zero-order valence-corrected chi connectivity index (χ0v) is 8.76. The van der Waals surface area contributed by atoms with E-state index in [0.29, 0.717) is 6.54 Å². The predicted octanol–water partition coefficient (Wildman–Crippen LogP) is 2.36. The molecule has 4 heteroatoms. The van der Waals surface area contributed by atoms with Gasteiger partial charge in [-0.1, -0.05) is 11.2 Å². The third kappa shape index (κ3) is 1.26. The molecule has 0 aliphatic heterocycles. The summed E-state index contributed by atoms with van der Waals surface area (Å²) < 4.78 is 6.19. The summed E-state index contributed by atoms with van der Waals surface area (Å²) in [4.78, 5) is 0. The zero-order valence-electron chi connectivity index (χ0n) is 7.17. The Hall–Kier alpha value is -0.870. The maximum absolute atomic E-state index is 5.57. The summed E-state index contributed by atoms with van der Waals surface area (Å²) in [7, 11) is 0. The van der Waals surface area contributed by atoms with Crippen LogP contribution in [0.15, 0.2) is 21.1 Å². The normalized spacial score (nSPS) is 11.0. The fourth-order valence-corrected chi connectivity index (χ4v) is 1.96. The Kier molecular flexibility index (Phi) is 2.09. The molecule has 1 heterocycles. The number of rotatable bonds is 1. The van der Waals surface area contributed by atoms with Gasteiger partial charge in [-0.25, -0.2) is 0 Å². The fraction of sp³-hybridized carbons (Fsp3) is 0.222. The Morgan fingerprint density at radius 3 is 3.00 bits per heavy atom. The fourth-order valence-electron chi connectivity index (χ4n) is 1.36. The quantitative estimate of drug-likeness (QED) is 0.833. The lowest BCUT2D eigenvalue weighted by atomic mass is 10.1. The highest BCUT2D eigenvalue weighted by atomic mass is 79.9. The predicted molar refractivity (Wildman–Crippen MR) is 54.3 cm³/mol. The first kappa shape index (κ1) is 8.72. The van der Waals surface area contributed by atoms with Crippen molar-refractivity contribution < 1.29 is 4.52 Å². The second-order valence-electron chi connectivity index (χ2n) is 2.88. The maximum Gasteiger partial charge on any atom is 0.172 e. The van der Waals surface area contributed by atoms with Crippen LogP contribution in [0, 0.1) is 6.92 Å². The minimum Gasteiger partial charge on any atom is -0.356 e. The van der Waals surface area contributed by atoms with Gasteiger partial charge in [0.2, 0.25) is 0 Å². The van der Waals surface area contributed by atoms with E-state index in [1.807, 2.05) is 19.1 Å². The highest BCUT2D eigenvalue weighted by molar-refractivity contribution is 9.10.